The molecule has 0 amide bonds. The van der Waals surface area contributed by atoms with E-state index in [0.29, 0.717) is 0 Å². The molecule has 0 saturated carbocycles. The molecule has 0 fully saturated rings. The molecule has 3 nitrogen and oxygen atoms in total. The first kappa shape index (κ1) is 12.5. The normalized spacial score (nSPS) is 6.85. The van der Waals surface area contributed by atoms with Crippen LogP contribution in [0, 0.1) is 3.57 Å². The second-order valence-corrected chi connectivity index (χ2v) is 6.56. The zero-order valence-corrected chi connectivity index (χ0v) is 11.2. The summed E-state index contributed by atoms with van der Waals surface area (Å²) in [6.45, 7) is 0. The third-order valence-corrected chi connectivity index (χ3v) is 3.24. The van der Waals surface area contributed by atoms with Crippen LogP contribution in [0.5, 0.6) is 0 Å². The van der Waals surface area contributed by atoms with Crippen molar-refractivity contribution >= 4 is 35.6 Å². The number of hydrogen-bond donors (Lipinski definition) is 0. The molecule has 0 bridgehead atoms. The summed E-state index contributed by atoms with van der Waals surface area (Å²) in [6.07, 6.45) is 0. The van der Waals surface area contributed by atoms with Gasteiger partial charge in [-0.25, -0.2) is 12.1 Å². The Bertz CT molecular complexity index is 408. The summed E-state index contributed by atoms with van der Waals surface area (Å²) in [4.78, 5) is 28.2. The van der Waals surface area contributed by atoms with E-state index in [1.54, 1.807) is 0 Å². The van der Waals surface area contributed by atoms with Crippen molar-refractivity contribution in [1.29, 1.82) is 0 Å². The van der Waals surface area contributed by atoms with E-state index in [-0.39, 0.29) is 0 Å². The minimum absolute atomic E-state index is 1.29. The standard InChI is InChI=1S/C5H4I.3CO.Re/c6-5-3-1-2-4-5;3*1-2;/h1-4H;;;;/q-1;;;;. The van der Waals surface area contributed by atoms with Gasteiger partial charge in [-0.05, 0) is 0 Å². The molecule has 13 heavy (non-hydrogen) atoms. The summed E-state index contributed by atoms with van der Waals surface area (Å²) in [6, 6.07) is 8.20. The number of carbonyl (C=O) groups excluding carboxylic acids is 3. The summed E-state index contributed by atoms with van der Waals surface area (Å²) < 4.78 is 5.18. The monoisotopic (exact) mass is 462 g/mol. The zero-order chi connectivity index (χ0) is 10.1. The van der Waals surface area contributed by atoms with Gasteiger partial charge in [-0.15, -0.1) is 22.6 Å². The molecule has 0 N–H and O–H groups in total. The van der Waals surface area contributed by atoms with Gasteiger partial charge in [0.25, 0.3) is 0 Å². The van der Waals surface area contributed by atoms with E-state index in [1.165, 1.54) is 16.6 Å². The van der Waals surface area contributed by atoms with E-state index in [4.69, 9.17) is 0 Å². The van der Waals surface area contributed by atoms with Crippen LogP contribution in [-0.4, -0.2) is 13.1 Å². The molecule has 0 unspecified atom stereocenters. The van der Waals surface area contributed by atoms with Crippen LogP contribution < -0.4 is 0 Å². The van der Waals surface area contributed by atoms with E-state index in [9.17, 15) is 14.4 Å². The predicted octanol–water partition coefficient (Wildman–Crippen LogP) is 0.816. The molecule has 69 valence electrons. The third kappa shape index (κ3) is 6.63. The number of rotatable bonds is 0. The summed E-state index contributed by atoms with van der Waals surface area (Å²) in [5, 5.41) is 0. The molecule has 1 rings (SSSR count). The molecular weight excluding hydrogens is 457 g/mol. The summed E-state index contributed by atoms with van der Waals surface area (Å²) in [5.74, 6) is 0. The van der Waals surface area contributed by atoms with Crippen LogP contribution in [-0.2, 0) is 29.8 Å². The van der Waals surface area contributed by atoms with Crippen molar-refractivity contribution in [3.8, 4) is 0 Å². The maximum absolute atomic E-state index is 9.40. The molecule has 0 aliphatic heterocycles. The van der Waals surface area contributed by atoms with E-state index < -0.39 is 15.4 Å². The first-order valence-electron chi connectivity index (χ1n) is 2.95. The van der Waals surface area contributed by atoms with Crippen LogP contribution in [0.15, 0.2) is 24.3 Å². The van der Waals surface area contributed by atoms with Crippen molar-refractivity contribution in [3.05, 3.63) is 27.8 Å². The van der Waals surface area contributed by atoms with Gasteiger partial charge in [0.1, 0.15) is 0 Å². The van der Waals surface area contributed by atoms with Crippen molar-refractivity contribution in [2.24, 2.45) is 0 Å². The fourth-order valence-electron chi connectivity index (χ4n) is 0.398. The molecule has 0 aromatic heterocycles. The Kier molecular flexibility index (Phi) is 7.78. The minimum atomic E-state index is -2.97. The molecule has 0 saturated heterocycles. The molecule has 0 spiro atoms. The summed E-state index contributed by atoms with van der Waals surface area (Å²) >= 11 is -0.699. The van der Waals surface area contributed by atoms with Gasteiger partial charge in [-0.2, -0.15) is 12.1 Å². The van der Waals surface area contributed by atoms with Gasteiger partial charge in [0, 0.05) is 0 Å². The molecule has 5 heteroatoms. The Morgan fingerprint density at radius 1 is 1.00 bits per heavy atom. The van der Waals surface area contributed by atoms with Crippen LogP contribution in [0.2, 0.25) is 0 Å². The van der Waals surface area contributed by atoms with Crippen molar-refractivity contribution in [2.45, 2.75) is 0 Å². The number of hydrogen-bond acceptors (Lipinski definition) is 3. The second-order valence-electron chi connectivity index (χ2n) is 1.62. The van der Waals surface area contributed by atoms with Crippen molar-refractivity contribution in [1.82, 2.24) is 0 Å². The van der Waals surface area contributed by atoms with Gasteiger partial charge in [-0.1, -0.05) is 3.57 Å². The van der Waals surface area contributed by atoms with Gasteiger partial charge in [0.2, 0.25) is 0 Å². The quantitative estimate of drug-likeness (QED) is 0.425. The van der Waals surface area contributed by atoms with Gasteiger partial charge < -0.3 is 0 Å². The average Bonchev–Trinajstić information content (AvgIpc) is 2.60. The average molecular weight is 461 g/mol. The van der Waals surface area contributed by atoms with Gasteiger partial charge in [0.05, 0.1) is 0 Å². The SMILES string of the molecule is I[c-]1cccc1.O=[C]=[Re](=[C]=O)=[C]=O. The van der Waals surface area contributed by atoms with E-state index in [0.717, 1.165) is 0 Å². The molecule has 1 aromatic rings. The summed E-state index contributed by atoms with van der Waals surface area (Å²) in [7, 11) is 0. The van der Waals surface area contributed by atoms with Crippen LogP contribution in [0.25, 0.3) is 0 Å². The zero-order valence-electron chi connectivity index (χ0n) is 6.29. The van der Waals surface area contributed by atoms with Crippen LogP contribution in [0.4, 0.5) is 0 Å². The fourth-order valence-corrected chi connectivity index (χ4v) is 1.15. The topological polar surface area (TPSA) is 51.2 Å². The van der Waals surface area contributed by atoms with E-state index >= 15 is 0 Å². The summed E-state index contributed by atoms with van der Waals surface area (Å²) in [5.41, 5.74) is 0. The van der Waals surface area contributed by atoms with Gasteiger partial charge in [0.15, 0.2) is 0 Å². The van der Waals surface area contributed by atoms with Crippen molar-refractivity contribution in [3.63, 3.8) is 0 Å². The second kappa shape index (κ2) is 8.10. The first-order chi connectivity index (χ1) is 6.24. The Hall–Kier alpha value is -0.518. The maximum atomic E-state index is 9.40. The number of halogens is 1. The Labute approximate surface area is 92.7 Å². The molecule has 0 aliphatic carbocycles. The Morgan fingerprint density at radius 3 is 1.46 bits per heavy atom. The molecule has 0 radical (unpaired) electrons. The first-order valence-corrected chi connectivity index (χ1v) is 8.10. The molecular formula is C8H4IO3Re-. The van der Waals surface area contributed by atoms with Gasteiger partial charge in [-0.3, -0.25) is 0 Å². The van der Waals surface area contributed by atoms with Gasteiger partial charge >= 0.3 is 42.8 Å². The Morgan fingerprint density at radius 2 is 1.38 bits per heavy atom. The van der Waals surface area contributed by atoms with Crippen LogP contribution >= 0.6 is 22.6 Å². The van der Waals surface area contributed by atoms with Crippen molar-refractivity contribution < 1.29 is 29.8 Å². The third-order valence-electron chi connectivity index (χ3n) is 0.853. The Balaban J connectivity index is 0.000000223. The van der Waals surface area contributed by atoms with Crippen LogP contribution in [0.1, 0.15) is 0 Å². The predicted molar refractivity (Wildman–Crippen MR) is 51.8 cm³/mol. The van der Waals surface area contributed by atoms with E-state index in [2.05, 4.69) is 34.7 Å². The van der Waals surface area contributed by atoms with Crippen molar-refractivity contribution in [2.75, 3.05) is 0 Å². The fraction of sp³-hybridized carbons (Fsp3) is 0. The van der Waals surface area contributed by atoms with E-state index in [1.807, 2.05) is 12.1 Å². The molecule has 0 aliphatic rings. The van der Waals surface area contributed by atoms with Crippen LogP contribution in [0.3, 0.4) is 0 Å². The molecule has 0 heterocycles. The molecule has 0 atom stereocenters. The molecule has 1 aromatic carbocycles.